The highest BCUT2D eigenvalue weighted by Gasteiger charge is 2.17. The van der Waals surface area contributed by atoms with Crippen LogP contribution >= 0.6 is 34.7 Å². The summed E-state index contributed by atoms with van der Waals surface area (Å²) in [6.45, 7) is -0.0693. The van der Waals surface area contributed by atoms with E-state index in [0.717, 1.165) is 11.5 Å². The molecule has 1 aromatic carbocycles. The van der Waals surface area contributed by atoms with E-state index in [9.17, 15) is 4.79 Å². The summed E-state index contributed by atoms with van der Waals surface area (Å²) in [5.74, 6) is 0.106. The van der Waals surface area contributed by atoms with Gasteiger partial charge >= 0.3 is 5.97 Å². The molecular formula is C12H10Cl2N2O4S. The Morgan fingerprint density at radius 3 is 2.62 bits per heavy atom. The standard InChI is InChI=1S/C12H10Cl2N2O4S/c1-18-9-4-6(3-7(13)10(9)19-2)12(17)20-5-8-11(14)21-16-15-8/h3-4H,5H2,1-2H3. The van der Waals surface area contributed by atoms with Crippen LogP contribution in [-0.2, 0) is 11.3 Å². The second-order valence-corrected chi connectivity index (χ2v) is 5.53. The summed E-state index contributed by atoms with van der Waals surface area (Å²) in [6.07, 6.45) is 0. The number of aromatic nitrogens is 2. The van der Waals surface area contributed by atoms with Crippen molar-refractivity contribution < 1.29 is 19.0 Å². The summed E-state index contributed by atoms with van der Waals surface area (Å²) < 4.78 is 19.3. The number of esters is 1. The second kappa shape index (κ2) is 6.93. The topological polar surface area (TPSA) is 70.5 Å². The van der Waals surface area contributed by atoms with Gasteiger partial charge in [-0.25, -0.2) is 4.79 Å². The largest absolute Gasteiger partial charge is 0.493 e. The molecule has 0 amide bonds. The van der Waals surface area contributed by atoms with Gasteiger partial charge in [0.05, 0.1) is 24.8 Å². The summed E-state index contributed by atoms with van der Waals surface area (Å²) >= 11 is 12.9. The third-order valence-corrected chi connectivity index (χ3v) is 3.78. The lowest BCUT2D eigenvalue weighted by Crippen LogP contribution is -2.06. The monoisotopic (exact) mass is 348 g/mol. The van der Waals surface area contributed by atoms with Crippen molar-refractivity contribution in [3.63, 3.8) is 0 Å². The predicted octanol–water partition coefficient (Wildman–Crippen LogP) is 3.22. The van der Waals surface area contributed by atoms with Crippen LogP contribution in [0.15, 0.2) is 12.1 Å². The molecule has 0 N–H and O–H groups in total. The molecule has 6 nitrogen and oxygen atoms in total. The van der Waals surface area contributed by atoms with Gasteiger partial charge in [-0.2, -0.15) is 0 Å². The zero-order valence-electron chi connectivity index (χ0n) is 11.1. The van der Waals surface area contributed by atoms with E-state index in [0.29, 0.717) is 21.5 Å². The Bertz CT molecular complexity index is 663. The molecule has 1 heterocycles. The molecule has 112 valence electrons. The lowest BCUT2D eigenvalue weighted by molar-refractivity contribution is 0.0467. The minimum absolute atomic E-state index is 0.0693. The van der Waals surface area contributed by atoms with Crippen LogP contribution in [0.5, 0.6) is 11.5 Å². The molecule has 0 unspecified atom stereocenters. The van der Waals surface area contributed by atoms with Crippen LogP contribution < -0.4 is 9.47 Å². The summed E-state index contributed by atoms with van der Waals surface area (Å²) in [5, 5.41) is 4.00. The van der Waals surface area contributed by atoms with Gasteiger partial charge in [-0.05, 0) is 12.1 Å². The second-order valence-electron chi connectivity index (χ2n) is 3.76. The maximum atomic E-state index is 12.0. The van der Waals surface area contributed by atoms with E-state index in [4.69, 9.17) is 37.4 Å². The van der Waals surface area contributed by atoms with Crippen LogP contribution in [0.1, 0.15) is 16.1 Å². The maximum absolute atomic E-state index is 12.0. The van der Waals surface area contributed by atoms with Gasteiger partial charge in [-0.1, -0.05) is 27.7 Å². The lowest BCUT2D eigenvalue weighted by Gasteiger charge is -2.11. The Hall–Kier alpha value is -1.57. The Morgan fingerprint density at radius 2 is 2.05 bits per heavy atom. The van der Waals surface area contributed by atoms with Gasteiger partial charge in [0, 0.05) is 11.5 Å². The van der Waals surface area contributed by atoms with Crippen LogP contribution in [0.25, 0.3) is 0 Å². The van der Waals surface area contributed by atoms with Crippen LogP contribution in [0, 0.1) is 0 Å². The van der Waals surface area contributed by atoms with Gasteiger partial charge in [-0.15, -0.1) is 5.10 Å². The van der Waals surface area contributed by atoms with Crippen molar-refractivity contribution in [2.24, 2.45) is 0 Å². The smallest absolute Gasteiger partial charge is 0.338 e. The van der Waals surface area contributed by atoms with Crippen molar-refractivity contribution in [3.8, 4) is 11.5 Å². The molecule has 0 aliphatic rings. The third kappa shape index (κ3) is 3.55. The maximum Gasteiger partial charge on any atom is 0.338 e. The predicted molar refractivity (Wildman–Crippen MR) is 78.6 cm³/mol. The first kappa shape index (κ1) is 15.8. The van der Waals surface area contributed by atoms with Crippen molar-refractivity contribution >= 4 is 40.7 Å². The summed E-state index contributed by atoms with van der Waals surface area (Å²) in [5.41, 5.74) is 0.638. The number of rotatable bonds is 5. The Balaban J connectivity index is 2.16. The Morgan fingerprint density at radius 1 is 1.29 bits per heavy atom. The van der Waals surface area contributed by atoms with Crippen molar-refractivity contribution in [1.82, 2.24) is 9.59 Å². The highest BCUT2D eigenvalue weighted by Crippen LogP contribution is 2.36. The van der Waals surface area contributed by atoms with E-state index in [-0.39, 0.29) is 17.2 Å². The lowest BCUT2D eigenvalue weighted by atomic mass is 10.2. The summed E-state index contributed by atoms with van der Waals surface area (Å²) in [6, 6.07) is 2.92. The van der Waals surface area contributed by atoms with Crippen molar-refractivity contribution in [1.29, 1.82) is 0 Å². The molecule has 1 aromatic heterocycles. The van der Waals surface area contributed by atoms with Gasteiger partial charge in [0.1, 0.15) is 16.6 Å². The first-order valence-electron chi connectivity index (χ1n) is 5.62. The first-order chi connectivity index (χ1) is 10.1. The van der Waals surface area contributed by atoms with Gasteiger partial charge in [-0.3, -0.25) is 0 Å². The zero-order chi connectivity index (χ0) is 15.4. The number of ether oxygens (including phenoxy) is 3. The Labute approximate surface area is 134 Å². The number of halogens is 2. The first-order valence-corrected chi connectivity index (χ1v) is 7.15. The van der Waals surface area contributed by atoms with E-state index in [2.05, 4.69) is 9.59 Å². The Kier molecular flexibility index (Phi) is 5.22. The van der Waals surface area contributed by atoms with E-state index in [1.807, 2.05) is 0 Å². The van der Waals surface area contributed by atoms with Crippen molar-refractivity contribution in [2.75, 3.05) is 14.2 Å². The van der Waals surface area contributed by atoms with E-state index in [1.165, 1.54) is 26.4 Å². The number of carbonyl (C=O) groups is 1. The molecule has 0 atom stereocenters. The number of nitrogens with zero attached hydrogens (tertiary/aromatic N) is 2. The van der Waals surface area contributed by atoms with Gasteiger partial charge in [0.25, 0.3) is 0 Å². The number of methoxy groups -OCH3 is 2. The molecule has 0 aliphatic carbocycles. The van der Waals surface area contributed by atoms with E-state index < -0.39 is 5.97 Å². The molecule has 2 rings (SSSR count). The normalized spacial score (nSPS) is 10.3. The van der Waals surface area contributed by atoms with Crippen molar-refractivity contribution in [2.45, 2.75) is 6.61 Å². The molecule has 0 radical (unpaired) electrons. The highest BCUT2D eigenvalue weighted by atomic mass is 35.5. The number of hydrogen-bond donors (Lipinski definition) is 0. The van der Waals surface area contributed by atoms with Crippen LogP contribution in [0.2, 0.25) is 9.36 Å². The summed E-state index contributed by atoms with van der Waals surface area (Å²) in [7, 11) is 2.91. The number of hydrogen-bond acceptors (Lipinski definition) is 7. The quantitative estimate of drug-likeness (QED) is 0.772. The third-order valence-electron chi connectivity index (χ3n) is 2.52. The fourth-order valence-electron chi connectivity index (χ4n) is 1.54. The molecular weight excluding hydrogens is 339 g/mol. The highest BCUT2D eigenvalue weighted by molar-refractivity contribution is 7.10. The molecule has 0 saturated carbocycles. The molecule has 0 fully saturated rings. The number of benzene rings is 1. The van der Waals surface area contributed by atoms with Crippen LogP contribution in [0.4, 0.5) is 0 Å². The zero-order valence-corrected chi connectivity index (χ0v) is 13.4. The molecule has 2 aromatic rings. The number of carbonyl (C=O) groups excluding carboxylic acids is 1. The van der Waals surface area contributed by atoms with E-state index >= 15 is 0 Å². The molecule has 9 heteroatoms. The SMILES string of the molecule is COc1cc(C(=O)OCc2nnsc2Cl)cc(Cl)c1OC. The van der Waals surface area contributed by atoms with Crippen LogP contribution in [-0.4, -0.2) is 29.8 Å². The molecule has 0 spiro atoms. The fourth-order valence-corrected chi connectivity index (χ4v) is 2.43. The minimum atomic E-state index is -0.582. The average Bonchev–Trinajstić information content (AvgIpc) is 2.89. The van der Waals surface area contributed by atoms with Crippen LogP contribution in [0.3, 0.4) is 0 Å². The van der Waals surface area contributed by atoms with Crippen molar-refractivity contribution in [3.05, 3.63) is 32.7 Å². The average molecular weight is 349 g/mol. The molecule has 0 bridgehead atoms. The van der Waals surface area contributed by atoms with E-state index in [1.54, 1.807) is 0 Å². The van der Waals surface area contributed by atoms with Gasteiger partial charge in [0.15, 0.2) is 11.5 Å². The molecule has 0 saturated heterocycles. The molecule has 0 aliphatic heterocycles. The fraction of sp³-hybridized carbons (Fsp3) is 0.250. The van der Waals surface area contributed by atoms with Gasteiger partial charge in [0.2, 0.25) is 0 Å². The minimum Gasteiger partial charge on any atom is -0.493 e. The summed E-state index contributed by atoms with van der Waals surface area (Å²) in [4.78, 5) is 12.0. The molecule has 21 heavy (non-hydrogen) atoms. The van der Waals surface area contributed by atoms with Gasteiger partial charge < -0.3 is 14.2 Å².